The summed E-state index contributed by atoms with van der Waals surface area (Å²) in [6.07, 6.45) is -0.369. The third kappa shape index (κ3) is 1.26. The molecule has 1 heterocycles. The van der Waals surface area contributed by atoms with E-state index >= 15 is 0 Å². The van der Waals surface area contributed by atoms with Crippen molar-refractivity contribution in [2.45, 2.75) is 24.7 Å². The van der Waals surface area contributed by atoms with Crippen LogP contribution in [-0.4, -0.2) is 16.1 Å². The van der Waals surface area contributed by atoms with Crippen LogP contribution in [0.15, 0.2) is 4.52 Å². The van der Waals surface area contributed by atoms with Crippen LogP contribution >= 0.6 is 12.2 Å². The highest BCUT2D eigenvalue weighted by atomic mass is 32.1. The molecule has 1 aromatic rings. The first-order valence-electron chi connectivity index (χ1n) is 3.50. The van der Waals surface area contributed by atoms with Crippen LogP contribution in [0.5, 0.6) is 0 Å². The first-order chi connectivity index (χ1) is 5.57. The summed E-state index contributed by atoms with van der Waals surface area (Å²) in [5.74, 6) is -2.51. The van der Waals surface area contributed by atoms with E-state index in [0.29, 0.717) is 5.89 Å². The number of hydrogen-bond acceptors (Lipinski definition) is 3. The highest BCUT2D eigenvalue weighted by Crippen LogP contribution is 2.47. The molecule has 0 bridgehead atoms. The number of hydrogen-bond donors (Lipinski definition) is 1. The molecule has 6 heteroatoms. The quantitative estimate of drug-likeness (QED) is 0.694. The normalized spacial score (nSPS) is 22.2. The summed E-state index contributed by atoms with van der Waals surface area (Å²) < 4.78 is 29.7. The van der Waals surface area contributed by atoms with Crippen LogP contribution < -0.4 is 0 Å². The van der Waals surface area contributed by atoms with Crippen LogP contribution in [0.2, 0.25) is 0 Å². The average Bonchev–Trinajstić information content (AvgIpc) is 2.30. The van der Waals surface area contributed by atoms with E-state index in [1.165, 1.54) is 0 Å². The van der Waals surface area contributed by atoms with Gasteiger partial charge in [0, 0.05) is 18.8 Å². The van der Waals surface area contributed by atoms with E-state index in [0.717, 1.165) is 0 Å². The van der Waals surface area contributed by atoms with Crippen molar-refractivity contribution in [3.8, 4) is 0 Å². The van der Waals surface area contributed by atoms with Crippen molar-refractivity contribution in [2.75, 3.05) is 0 Å². The first-order valence-corrected chi connectivity index (χ1v) is 3.91. The second-order valence-corrected chi connectivity index (χ2v) is 3.31. The van der Waals surface area contributed by atoms with Crippen molar-refractivity contribution >= 4 is 12.2 Å². The van der Waals surface area contributed by atoms with E-state index < -0.39 is 5.92 Å². The van der Waals surface area contributed by atoms with Gasteiger partial charge in [0.2, 0.25) is 16.6 Å². The summed E-state index contributed by atoms with van der Waals surface area (Å²) in [6.45, 7) is 0. The predicted octanol–water partition coefficient (Wildman–Crippen LogP) is 2.24. The third-order valence-corrected chi connectivity index (χ3v) is 2.07. The molecule has 1 aromatic heterocycles. The Labute approximate surface area is 71.8 Å². The molecule has 0 radical (unpaired) electrons. The molecule has 0 aliphatic heterocycles. The van der Waals surface area contributed by atoms with Crippen molar-refractivity contribution in [2.24, 2.45) is 0 Å². The van der Waals surface area contributed by atoms with Crippen LogP contribution in [0.25, 0.3) is 0 Å². The van der Waals surface area contributed by atoms with E-state index in [4.69, 9.17) is 4.52 Å². The van der Waals surface area contributed by atoms with Gasteiger partial charge in [0.1, 0.15) is 0 Å². The zero-order valence-corrected chi connectivity index (χ0v) is 6.83. The fourth-order valence-electron chi connectivity index (χ4n) is 1.25. The molecule has 2 rings (SSSR count). The summed E-state index contributed by atoms with van der Waals surface area (Å²) in [5.41, 5.74) is 0. The summed E-state index contributed by atoms with van der Waals surface area (Å²) in [5, 5.41) is 2.33. The number of nitrogens with one attached hydrogen (secondary N) is 1. The van der Waals surface area contributed by atoms with Crippen LogP contribution in [0.3, 0.4) is 0 Å². The highest BCUT2D eigenvalue weighted by molar-refractivity contribution is 7.71. The number of aromatic amines is 1. The fraction of sp³-hybridized carbons (Fsp3) is 0.667. The SMILES string of the molecule is FC1(F)CC(c2nc(=S)[nH]o2)C1. The number of H-pyrrole nitrogens is 1. The lowest BCUT2D eigenvalue weighted by molar-refractivity contribution is -0.0925. The predicted molar refractivity (Wildman–Crippen MR) is 38.6 cm³/mol. The van der Waals surface area contributed by atoms with Gasteiger partial charge in [-0.1, -0.05) is 0 Å². The molecule has 1 fully saturated rings. The molecular formula is C6H6F2N2OS. The van der Waals surface area contributed by atoms with Crippen molar-refractivity contribution in [3.05, 3.63) is 10.7 Å². The summed E-state index contributed by atoms with van der Waals surface area (Å²) in [4.78, 5) is 3.76. The Morgan fingerprint density at radius 2 is 2.25 bits per heavy atom. The minimum Gasteiger partial charge on any atom is -0.364 e. The Hall–Kier alpha value is -0.780. The number of halogens is 2. The number of nitrogens with zero attached hydrogens (tertiary/aromatic N) is 1. The maximum absolute atomic E-state index is 12.4. The molecule has 0 spiro atoms. The third-order valence-electron chi connectivity index (χ3n) is 1.89. The van der Waals surface area contributed by atoms with Crippen molar-refractivity contribution in [1.29, 1.82) is 0 Å². The van der Waals surface area contributed by atoms with Gasteiger partial charge >= 0.3 is 0 Å². The van der Waals surface area contributed by atoms with E-state index in [1.54, 1.807) is 0 Å². The van der Waals surface area contributed by atoms with E-state index in [1.807, 2.05) is 0 Å². The minimum atomic E-state index is -2.54. The minimum absolute atomic E-state index is 0.184. The second kappa shape index (κ2) is 2.35. The molecule has 1 saturated carbocycles. The van der Waals surface area contributed by atoms with Gasteiger partial charge in [-0.15, -0.1) is 0 Å². The molecule has 66 valence electrons. The van der Waals surface area contributed by atoms with Gasteiger partial charge < -0.3 is 4.52 Å². The van der Waals surface area contributed by atoms with Gasteiger partial charge in [0.05, 0.1) is 0 Å². The number of rotatable bonds is 1. The Morgan fingerprint density at radius 3 is 2.67 bits per heavy atom. The zero-order chi connectivity index (χ0) is 8.77. The molecule has 1 N–H and O–H groups in total. The Balaban J connectivity index is 2.10. The topological polar surface area (TPSA) is 41.8 Å². The lowest BCUT2D eigenvalue weighted by Crippen LogP contribution is -2.33. The average molecular weight is 192 g/mol. The smallest absolute Gasteiger partial charge is 0.249 e. The molecule has 0 amide bonds. The van der Waals surface area contributed by atoms with Crippen LogP contribution in [0.4, 0.5) is 8.78 Å². The molecule has 0 saturated heterocycles. The lowest BCUT2D eigenvalue weighted by Gasteiger charge is -2.31. The maximum Gasteiger partial charge on any atom is 0.249 e. The molecular weight excluding hydrogens is 186 g/mol. The van der Waals surface area contributed by atoms with E-state index in [2.05, 4.69) is 22.4 Å². The lowest BCUT2D eigenvalue weighted by atomic mass is 9.81. The molecule has 3 nitrogen and oxygen atoms in total. The fourth-order valence-corrected chi connectivity index (χ4v) is 1.38. The summed E-state index contributed by atoms with van der Waals surface area (Å²) >= 11 is 4.63. The van der Waals surface area contributed by atoms with Crippen molar-refractivity contribution < 1.29 is 13.3 Å². The van der Waals surface area contributed by atoms with Gasteiger partial charge in [-0.25, -0.2) is 8.78 Å². The summed E-state index contributed by atoms with van der Waals surface area (Å²) in [6, 6.07) is 0. The molecule has 1 aliphatic carbocycles. The monoisotopic (exact) mass is 192 g/mol. The second-order valence-electron chi connectivity index (χ2n) is 2.92. The number of aromatic nitrogens is 2. The molecule has 0 unspecified atom stereocenters. The van der Waals surface area contributed by atoms with Gasteiger partial charge in [-0.05, 0) is 12.2 Å². The van der Waals surface area contributed by atoms with Gasteiger partial charge in [-0.2, -0.15) is 10.1 Å². The van der Waals surface area contributed by atoms with Crippen LogP contribution in [-0.2, 0) is 0 Å². The van der Waals surface area contributed by atoms with Gasteiger partial charge in [0.15, 0.2) is 0 Å². The first kappa shape index (κ1) is 7.85. The van der Waals surface area contributed by atoms with Crippen molar-refractivity contribution in [3.63, 3.8) is 0 Å². The Morgan fingerprint density at radius 1 is 1.58 bits per heavy atom. The van der Waals surface area contributed by atoms with E-state index in [9.17, 15) is 8.78 Å². The largest absolute Gasteiger partial charge is 0.364 e. The number of alkyl halides is 2. The zero-order valence-electron chi connectivity index (χ0n) is 6.01. The Kier molecular flexibility index (Phi) is 1.54. The maximum atomic E-state index is 12.4. The molecule has 12 heavy (non-hydrogen) atoms. The van der Waals surface area contributed by atoms with E-state index in [-0.39, 0.29) is 23.5 Å². The van der Waals surface area contributed by atoms with Crippen LogP contribution in [0.1, 0.15) is 24.7 Å². The Bertz CT molecular complexity index is 337. The highest BCUT2D eigenvalue weighted by Gasteiger charge is 2.48. The standard InChI is InChI=1S/C6H6F2N2OS/c7-6(8)1-3(2-6)4-9-5(12)10-11-4/h3H,1-2H2,(H,10,12). The van der Waals surface area contributed by atoms with Crippen molar-refractivity contribution in [1.82, 2.24) is 10.1 Å². The van der Waals surface area contributed by atoms with Gasteiger partial charge in [-0.3, -0.25) is 0 Å². The van der Waals surface area contributed by atoms with Gasteiger partial charge in [0.25, 0.3) is 0 Å². The molecule has 0 aromatic carbocycles. The summed E-state index contributed by atoms with van der Waals surface area (Å²) in [7, 11) is 0. The molecule has 1 aliphatic rings. The van der Waals surface area contributed by atoms with Crippen LogP contribution in [0, 0.1) is 4.77 Å². The molecule has 0 atom stereocenters.